The molecule has 0 radical (unpaired) electrons. The van der Waals surface area contributed by atoms with Gasteiger partial charge in [0, 0.05) is 30.7 Å². The van der Waals surface area contributed by atoms with E-state index in [2.05, 4.69) is 32.6 Å². The molecule has 2 unspecified atom stereocenters. The molecule has 0 aromatic carbocycles. The smallest absolute Gasteiger partial charge is 0.0549 e. The molecular formula is C13H25NO. The molecule has 2 nitrogen and oxygen atoms in total. The van der Waals surface area contributed by atoms with Crippen LogP contribution in [0.15, 0.2) is 0 Å². The number of hydrogen-bond acceptors (Lipinski definition) is 2. The molecule has 0 saturated carbocycles. The lowest BCUT2D eigenvalue weighted by atomic mass is 9.64. The minimum absolute atomic E-state index is 0.497. The molecule has 2 rings (SSSR count). The highest BCUT2D eigenvalue weighted by Crippen LogP contribution is 2.48. The second kappa shape index (κ2) is 4.06. The van der Waals surface area contributed by atoms with E-state index in [4.69, 9.17) is 4.74 Å². The number of likely N-dealkylation sites (tertiary alicyclic amines) is 1. The van der Waals surface area contributed by atoms with Gasteiger partial charge in [-0.25, -0.2) is 0 Å². The Hall–Kier alpha value is -0.0800. The maximum absolute atomic E-state index is 5.71. The zero-order valence-corrected chi connectivity index (χ0v) is 10.6. The molecule has 0 aromatic rings. The van der Waals surface area contributed by atoms with Crippen LogP contribution in [0.5, 0.6) is 0 Å². The maximum atomic E-state index is 5.71. The van der Waals surface area contributed by atoms with Crippen molar-refractivity contribution in [1.82, 2.24) is 4.90 Å². The molecule has 2 fully saturated rings. The van der Waals surface area contributed by atoms with Crippen molar-refractivity contribution >= 4 is 0 Å². The molecule has 88 valence electrons. The van der Waals surface area contributed by atoms with Crippen molar-refractivity contribution in [2.24, 2.45) is 11.3 Å². The molecule has 0 N–H and O–H groups in total. The van der Waals surface area contributed by atoms with Gasteiger partial charge in [-0.3, -0.25) is 4.90 Å². The van der Waals surface area contributed by atoms with Gasteiger partial charge >= 0.3 is 0 Å². The number of ether oxygens (including phenoxy) is 1. The van der Waals surface area contributed by atoms with Gasteiger partial charge in [0.15, 0.2) is 0 Å². The maximum Gasteiger partial charge on any atom is 0.0549 e. The van der Waals surface area contributed by atoms with Crippen LogP contribution in [0.3, 0.4) is 0 Å². The van der Waals surface area contributed by atoms with Gasteiger partial charge in [-0.2, -0.15) is 0 Å². The number of hydrogen-bond donors (Lipinski definition) is 0. The lowest BCUT2D eigenvalue weighted by Crippen LogP contribution is -2.70. The molecule has 2 heterocycles. The number of nitrogens with zero attached hydrogens (tertiary/aromatic N) is 1. The average Bonchev–Trinajstić information content (AvgIpc) is 2.14. The molecule has 2 aliphatic heterocycles. The van der Waals surface area contributed by atoms with E-state index < -0.39 is 0 Å². The lowest BCUT2D eigenvalue weighted by Gasteiger charge is -2.62. The van der Waals surface area contributed by atoms with Crippen LogP contribution < -0.4 is 0 Å². The predicted octanol–water partition coefficient (Wildman–Crippen LogP) is 2.53. The van der Waals surface area contributed by atoms with Gasteiger partial charge in [0.25, 0.3) is 0 Å². The van der Waals surface area contributed by atoms with Crippen LogP contribution in [-0.4, -0.2) is 36.7 Å². The average molecular weight is 211 g/mol. The molecule has 2 atom stereocenters. The SMILES string of the molecule is CC(C)C1N(C(C)C)CC12CCCOC2. The van der Waals surface area contributed by atoms with Crippen LogP contribution in [0.2, 0.25) is 0 Å². The van der Waals surface area contributed by atoms with Crippen molar-refractivity contribution in [3.63, 3.8) is 0 Å². The molecule has 0 amide bonds. The summed E-state index contributed by atoms with van der Waals surface area (Å²) < 4.78 is 5.71. The van der Waals surface area contributed by atoms with Crippen molar-refractivity contribution in [3.8, 4) is 0 Å². The van der Waals surface area contributed by atoms with Gasteiger partial charge in [-0.05, 0) is 32.6 Å². The van der Waals surface area contributed by atoms with Crippen molar-refractivity contribution in [3.05, 3.63) is 0 Å². The van der Waals surface area contributed by atoms with Crippen molar-refractivity contribution < 1.29 is 4.74 Å². The summed E-state index contributed by atoms with van der Waals surface area (Å²) in [5, 5.41) is 0. The Bertz CT molecular complexity index is 219. The zero-order valence-electron chi connectivity index (χ0n) is 10.6. The highest BCUT2D eigenvalue weighted by molar-refractivity contribution is 5.07. The summed E-state index contributed by atoms with van der Waals surface area (Å²) in [6.07, 6.45) is 2.63. The Kier molecular flexibility index (Phi) is 3.09. The molecule has 0 aliphatic carbocycles. The highest BCUT2D eigenvalue weighted by atomic mass is 16.5. The molecule has 0 bridgehead atoms. The second-order valence-corrected chi connectivity index (χ2v) is 5.97. The van der Waals surface area contributed by atoms with E-state index in [0.29, 0.717) is 11.5 Å². The Morgan fingerprint density at radius 3 is 2.47 bits per heavy atom. The fraction of sp³-hybridized carbons (Fsp3) is 1.00. The van der Waals surface area contributed by atoms with E-state index in [1.54, 1.807) is 0 Å². The van der Waals surface area contributed by atoms with Gasteiger partial charge in [0.1, 0.15) is 0 Å². The summed E-state index contributed by atoms with van der Waals surface area (Å²) in [6, 6.07) is 1.43. The fourth-order valence-corrected chi connectivity index (χ4v) is 3.62. The third-order valence-electron chi connectivity index (χ3n) is 4.13. The highest BCUT2D eigenvalue weighted by Gasteiger charge is 2.54. The summed E-state index contributed by atoms with van der Waals surface area (Å²) >= 11 is 0. The van der Waals surface area contributed by atoms with Crippen LogP contribution in [0.1, 0.15) is 40.5 Å². The molecule has 1 spiro atoms. The van der Waals surface area contributed by atoms with Crippen molar-refractivity contribution in [2.45, 2.75) is 52.6 Å². The lowest BCUT2D eigenvalue weighted by molar-refractivity contribution is -0.174. The quantitative estimate of drug-likeness (QED) is 0.696. The third kappa shape index (κ3) is 1.83. The first-order chi connectivity index (χ1) is 7.07. The summed E-state index contributed by atoms with van der Waals surface area (Å²) in [5.41, 5.74) is 0.497. The third-order valence-corrected chi connectivity index (χ3v) is 4.13. The molecule has 0 aromatic heterocycles. The Morgan fingerprint density at radius 2 is 2.00 bits per heavy atom. The van der Waals surface area contributed by atoms with Crippen LogP contribution >= 0.6 is 0 Å². The van der Waals surface area contributed by atoms with Crippen molar-refractivity contribution in [2.75, 3.05) is 19.8 Å². The first kappa shape index (κ1) is 11.4. The summed E-state index contributed by atoms with van der Waals surface area (Å²) in [4.78, 5) is 2.65. The minimum atomic E-state index is 0.497. The second-order valence-electron chi connectivity index (χ2n) is 5.97. The molecule has 2 aliphatic rings. The topological polar surface area (TPSA) is 12.5 Å². The Balaban J connectivity index is 2.08. The van der Waals surface area contributed by atoms with Gasteiger partial charge in [-0.1, -0.05) is 13.8 Å². The summed E-state index contributed by atoms with van der Waals surface area (Å²) in [6.45, 7) is 12.6. The van der Waals surface area contributed by atoms with Crippen LogP contribution in [0, 0.1) is 11.3 Å². The minimum Gasteiger partial charge on any atom is -0.381 e. The van der Waals surface area contributed by atoms with E-state index in [0.717, 1.165) is 25.2 Å². The Morgan fingerprint density at radius 1 is 1.27 bits per heavy atom. The van der Waals surface area contributed by atoms with Gasteiger partial charge in [-0.15, -0.1) is 0 Å². The first-order valence-electron chi connectivity index (χ1n) is 6.40. The van der Waals surface area contributed by atoms with E-state index in [-0.39, 0.29) is 0 Å². The van der Waals surface area contributed by atoms with Crippen molar-refractivity contribution in [1.29, 1.82) is 0 Å². The normalized spacial score (nSPS) is 37.6. The van der Waals surface area contributed by atoms with E-state index in [1.807, 2.05) is 0 Å². The first-order valence-corrected chi connectivity index (χ1v) is 6.40. The summed E-state index contributed by atoms with van der Waals surface area (Å²) in [5.74, 6) is 0.753. The predicted molar refractivity (Wildman–Crippen MR) is 63.0 cm³/mol. The monoisotopic (exact) mass is 211 g/mol. The molecule has 2 heteroatoms. The van der Waals surface area contributed by atoms with Gasteiger partial charge in [0.2, 0.25) is 0 Å². The van der Waals surface area contributed by atoms with Crippen LogP contribution in [0.4, 0.5) is 0 Å². The number of rotatable bonds is 2. The van der Waals surface area contributed by atoms with Gasteiger partial charge < -0.3 is 4.74 Å². The van der Waals surface area contributed by atoms with E-state index >= 15 is 0 Å². The largest absolute Gasteiger partial charge is 0.381 e. The van der Waals surface area contributed by atoms with Crippen LogP contribution in [-0.2, 0) is 4.74 Å². The molecule has 2 saturated heterocycles. The molecular weight excluding hydrogens is 186 g/mol. The van der Waals surface area contributed by atoms with E-state index in [1.165, 1.54) is 19.4 Å². The van der Waals surface area contributed by atoms with E-state index in [9.17, 15) is 0 Å². The standard InChI is InChI=1S/C13H25NO/c1-10(2)12-13(6-5-7-15-9-13)8-14(12)11(3)4/h10-12H,5-9H2,1-4H3. The zero-order chi connectivity index (χ0) is 11.1. The van der Waals surface area contributed by atoms with Crippen LogP contribution in [0.25, 0.3) is 0 Å². The van der Waals surface area contributed by atoms with Gasteiger partial charge in [0.05, 0.1) is 6.61 Å². The Labute approximate surface area is 94.0 Å². The molecule has 15 heavy (non-hydrogen) atoms. The fourth-order valence-electron chi connectivity index (χ4n) is 3.62. The summed E-state index contributed by atoms with van der Waals surface area (Å²) in [7, 11) is 0.